The first-order valence-corrected chi connectivity index (χ1v) is 9.70. The predicted octanol–water partition coefficient (Wildman–Crippen LogP) is 4.26. The van der Waals surface area contributed by atoms with Crippen LogP contribution < -0.4 is 5.32 Å². The van der Waals surface area contributed by atoms with Gasteiger partial charge in [0, 0.05) is 50.5 Å². The topological polar surface area (TPSA) is 89.5 Å². The van der Waals surface area contributed by atoms with Crippen molar-refractivity contribution in [3.63, 3.8) is 0 Å². The SMILES string of the molecule is Cn1cc(NC(=O)c2cnn3ccc(N=CC4CCCC(F)(F)C4)nc23)c(C(F)(F)F)n1. The molecule has 3 aromatic heterocycles. The average molecular weight is 455 g/mol. The Morgan fingerprint density at radius 2 is 2.16 bits per heavy atom. The van der Waals surface area contributed by atoms with Crippen molar-refractivity contribution >= 4 is 29.3 Å². The van der Waals surface area contributed by atoms with Gasteiger partial charge in [-0.05, 0) is 12.8 Å². The first-order chi connectivity index (χ1) is 15.0. The number of hydrogen-bond donors (Lipinski definition) is 1. The normalized spacial score (nSPS) is 19.0. The maximum absolute atomic E-state index is 13.6. The van der Waals surface area contributed by atoms with E-state index in [0.717, 1.165) is 17.1 Å². The summed E-state index contributed by atoms with van der Waals surface area (Å²) in [6.45, 7) is 0. The second kappa shape index (κ2) is 7.95. The number of rotatable bonds is 4. The number of alkyl halides is 5. The number of amides is 1. The van der Waals surface area contributed by atoms with Gasteiger partial charge in [-0.2, -0.15) is 23.4 Å². The molecule has 0 bridgehead atoms. The van der Waals surface area contributed by atoms with Gasteiger partial charge < -0.3 is 5.32 Å². The molecule has 0 spiro atoms. The Morgan fingerprint density at radius 1 is 1.38 bits per heavy atom. The number of hydrogen-bond acceptors (Lipinski definition) is 5. The van der Waals surface area contributed by atoms with Gasteiger partial charge in [0.25, 0.3) is 5.91 Å². The molecular weight excluding hydrogens is 437 g/mol. The standard InChI is InChI=1S/C19H18F5N7O/c1-30-10-13(15(29-30)19(22,23)24)27-17(32)12-9-26-31-6-4-14(28-16(12)31)25-8-11-3-2-5-18(20,21)7-11/h4,6,8-11H,2-3,5,7H2,1H3,(H,27,32). The molecule has 1 fully saturated rings. The van der Waals surface area contributed by atoms with Crippen molar-refractivity contribution in [1.29, 1.82) is 0 Å². The van der Waals surface area contributed by atoms with Gasteiger partial charge in [0.15, 0.2) is 17.2 Å². The number of aryl methyl sites for hydroxylation is 1. The monoisotopic (exact) mass is 455 g/mol. The first-order valence-electron chi connectivity index (χ1n) is 9.70. The highest BCUT2D eigenvalue weighted by Crippen LogP contribution is 2.36. The molecule has 32 heavy (non-hydrogen) atoms. The molecule has 170 valence electrons. The van der Waals surface area contributed by atoms with Gasteiger partial charge in [0.05, 0.1) is 11.9 Å². The molecule has 4 rings (SSSR count). The number of anilines is 1. The molecule has 8 nitrogen and oxygen atoms in total. The number of aliphatic imine (C=N–C) groups is 1. The largest absolute Gasteiger partial charge is 0.437 e. The van der Waals surface area contributed by atoms with Crippen LogP contribution in [0.2, 0.25) is 0 Å². The minimum Gasteiger partial charge on any atom is -0.319 e. The van der Waals surface area contributed by atoms with E-state index in [1.807, 2.05) is 0 Å². The van der Waals surface area contributed by atoms with Gasteiger partial charge in [0.2, 0.25) is 5.92 Å². The lowest BCUT2D eigenvalue weighted by atomic mass is 9.87. The number of fused-ring (bicyclic) bond motifs is 1. The number of aromatic nitrogens is 5. The fraction of sp³-hybridized carbons (Fsp3) is 0.421. The van der Waals surface area contributed by atoms with Crippen LogP contribution in [0.4, 0.5) is 33.5 Å². The molecule has 1 atom stereocenters. The highest BCUT2D eigenvalue weighted by molar-refractivity contribution is 6.08. The molecule has 1 aliphatic carbocycles. The highest BCUT2D eigenvalue weighted by atomic mass is 19.4. The van der Waals surface area contributed by atoms with Crippen LogP contribution in [0.15, 0.2) is 29.6 Å². The minimum absolute atomic E-state index is 0.0589. The van der Waals surface area contributed by atoms with E-state index in [4.69, 9.17) is 0 Å². The molecule has 3 heterocycles. The molecule has 13 heteroatoms. The van der Waals surface area contributed by atoms with E-state index >= 15 is 0 Å². The van der Waals surface area contributed by atoms with Crippen molar-refractivity contribution in [2.75, 3.05) is 5.32 Å². The van der Waals surface area contributed by atoms with Crippen molar-refractivity contribution in [2.24, 2.45) is 18.0 Å². The number of carbonyl (C=O) groups is 1. The molecule has 0 aliphatic heterocycles. The minimum atomic E-state index is -4.75. The van der Waals surface area contributed by atoms with Crippen molar-refractivity contribution in [3.05, 3.63) is 35.9 Å². The third-order valence-corrected chi connectivity index (χ3v) is 5.04. The quantitative estimate of drug-likeness (QED) is 0.470. The Balaban J connectivity index is 1.57. The zero-order chi connectivity index (χ0) is 23.1. The Morgan fingerprint density at radius 3 is 2.88 bits per heavy atom. The average Bonchev–Trinajstić information content (AvgIpc) is 3.28. The molecular formula is C19H18F5N7O. The molecule has 3 aromatic rings. The van der Waals surface area contributed by atoms with Crippen LogP contribution in [0, 0.1) is 5.92 Å². The summed E-state index contributed by atoms with van der Waals surface area (Å²) in [4.78, 5) is 21.0. The molecule has 1 unspecified atom stereocenters. The second-order valence-corrected chi connectivity index (χ2v) is 7.62. The van der Waals surface area contributed by atoms with Gasteiger partial charge >= 0.3 is 6.18 Å². The van der Waals surface area contributed by atoms with Crippen LogP contribution in [0.3, 0.4) is 0 Å². The van der Waals surface area contributed by atoms with Crippen molar-refractivity contribution in [1.82, 2.24) is 24.4 Å². The van der Waals surface area contributed by atoms with Gasteiger partial charge in [-0.15, -0.1) is 0 Å². The lowest BCUT2D eigenvalue weighted by molar-refractivity contribution is -0.140. The molecule has 1 saturated carbocycles. The molecule has 0 radical (unpaired) electrons. The summed E-state index contributed by atoms with van der Waals surface area (Å²) >= 11 is 0. The first kappa shape index (κ1) is 21.8. The third-order valence-electron chi connectivity index (χ3n) is 5.04. The third kappa shape index (κ3) is 4.60. The van der Waals surface area contributed by atoms with E-state index in [9.17, 15) is 26.7 Å². The number of carbonyl (C=O) groups excluding carboxylic acids is 1. The Bertz CT molecular complexity index is 1180. The van der Waals surface area contributed by atoms with E-state index in [1.54, 1.807) is 0 Å². The summed E-state index contributed by atoms with van der Waals surface area (Å²) < 4.78 is 68.7. The number of nitrogens with one attached hydrogen (secondary N) is 1. The van der Waals surface area contributed by atoms with Crippen LogP contribution in [0.5, 0.6) is 0 Å². The number of nitrogens with zero attached hydrogens (tertiary/aromatic N) is 6. The van der Waals surface area contributed by atoms with E-state index < -0.39 is 35.3 Å². The summed E-state index contributed by atoms with van der Waals surface area (Å²) in [7, 11) is 1.30. The van der Waals surface area contributed by atoms with Crippen LogP contribution >= 0.6 is 0 Å². The predicted molar refractivity (Wildman–Crippen MR) is 104 cm³/mol. The summed E-state index contributed by atoms with van der Waals surface area (Å²) in [5, 5.41) is 9.49. The summed E-state index contributed by atoms with van der Waals surface area (Å²) in [5.74, 6) is -3.81. The molecule has 1 amide bonds. The molecule has 1 aliphatic rings. The van der Waals surface area contributed by atoms with E-state index in [0.29, 0.717) is 12.8 Å². The van der Waals surface area contributed by atoms with Crippen LogP contribution in [-0.4, -0.2) is 42.4 Å². The second-order valence-electron chi connectivity index (χ2n) is 7.62. The van der Waals surface area contributed by atoms with Crippen molar-refractivity contribution in [2.45, 2.75) is 37.8 Å². The Kier molecular flexibility index (Phi) is 5.42. The van der Waals surface area contributed by atoms with Crippen molar-refractivity contribution < 1.29 is 26.7 Å². The molecule has 1 N–H and O–H groups in total. The fourth-order valence-electron chi connectivity index (χ4n) is 3.59. The highest BCUT2D eigenvalue weighted by Gasteiger charge is 2.38. The smallest absolute Gasteiger partial charge is 0.319 e. The maximum Gasteiger partial charge on any atom is 0.437 e. The van der Waals surface area contributed by atoms with Crippen LogP contribution in [0.25, 0.3) is 5.65 Å². The Labute approximate surface area is 178 Å². The maximum atomic E-state index is 13.6. The van der Waals surface area contributed by atoms with Gasteiger partial charge in [0.1, 0.15) is 5.56 Å². The van der Waals surface area contributed by atoms with Crippen molar-refractivity contribution in [3.8, 4) is 0 Å². The molecule has 0 saturated heterocycles. The van der Waals surface area contributed by atoms with Gasteiger partial charge in [-0.3, -0.25) is 9.48 Å². The summed E-state index contributed by atoms with van der Waals surface area (Å²) in [6, 6.07) is 1.49. The number of halogens is 5. The fourth-order valence-corrected chi connectivity index (χ4v) is 3.59. The van der Waals surface area contributed by atoms with E-state index in [2.05, 4.69) is 25.5 Å². The van der Waals surface area contributed by atoms with E-state index in [1.165, 1.54) is 30.0 Å². The zero-order valence-corrected chi connectivity index (χ0v) is 16.8. The summed E-state index contributed by atoms with van der Waals surface area (Å²) in [5.41, 5.74) is -1.75. The zero-order valence-electron chi connectivity index (χ0n) is 16.8. The lowest BCUT2D eigenvalue weighted by Crippen LogP contribution is -2.26. The lowest BCUT2D eigenvalue weighted by Gasteiger charge is -2.26. The van der Waals surface area contributed by atoms with E-state index in [-0.39, 0.29) is 29.9 Å². The van der Waals surface area contributed by atoms with Gasteiger partial charge in [-0.25, -0.2) is 23.3 Å². The summed E-state index contributed by atoms with van der Waals surface area (Å²) in [6.07, 6.45) is 0.910. The van der Waals surface area contributed by atoms with Gasteiger partial charge in [-0.1, -0.05) is 0 Å². The van der Waals surface area contributed by atoms with Crippen LogP contribution in [0.1, 0.15) is 41.7 Å². The molecule has 0 aromatic carbocycles. The Hall–Kier alpha value is -3.38. The van der Waals surface area contributed by atoms with Crippen LogP contribution in [-0.2, 0) is 13.2 Å².